The molecule has 0 fully saturated rings. The second-order valence-electron chi connectivity index (χ2n) is 2.34. The van der Waals surface area contributed by atoms with Crippen LogP contribution in [0.4, 0.5) is 5.69 Å². The lowest BCUT2D eigenvalue weighted by Crippen LogP contribution is -2.11. The highest BCUT2D eigenvalue weighted by molar-refractivity contribution is 5.48. The van der Waals surface area contributed by atoms with Crippen LogP contribution in [0.3, 0.4) is 0 Å². The average molecular weight is 165 g/mol. The molecule has 64 valence electrons. The lowest BCUT2D eigenvalue weighted by molar-refractivity contribution is -0.109. The predicted molar refractivity (Wildman–Crippen MR) is 47.2 cm³/mol. The first-order valence-electron chi connectivity index (χ1n) is 3.59. The van der Waals surface area contributed by atoms with E-state index in [1.807, 2.05) is 24.3 Å². The van der Waals surface area contributed by atoms with E-state index >= 15 is 0 Å². The Morgan fingerprint density at radius 2 is 2.33 bits per heavy atom. The van der Waals surface area contributed by atoms with Crippen LogP contribution in [0.5, 0.6) is 0 Å². The highest BCUT2D eigenvalue weighted by Crippen LogP contribution is 2.08. The third-order valence-corrected chi connectivity index (χ3v) is 1.48. The normalized spacial score (nSPS) is 9.08. The molecule has 1 aromatic carbocycles. The molecule has 0 radical (unpaired) electrons. The van der Waals surface area contributed by atoms with Crippen LogP contribution in [0.15, 0.2) is 24.3 Å². The molecule has 0 bridgehead atoms. The van der Waals surface area contributed by atoms with Crippen molar-refractivity contribution in [2.75, 3.05) is 5.43 Å². The molecule has 0 aliphatic carbocycles. The van der Waals surface area contributed by atoms with Crippen molar-refractivity contribution < 1.29 is 4.79 Å². The summed E-state index contributed by atoms with van der Waals surface area (Å²) in [4.78, 5) is 9.98. The Hall–Kier alpha value is -1.55. The fourth-order valence-electron chi connectivity index (χ4n) is 0.931. The molecular formula is C8H11N3O. The zero-order valence-electron chi connectivity index (χ0n) is 6.58. The molecule has 0 aromatic heterocycles. The summed E-state index contributed by atoms with van der Waals surface area (Å²) in [6, 6.07) is 7.51. The number of hydrazine groups is 1. The number of rotatable bonds is 4. The van der Waals surface area contributed by atoms with Crippen molar-refractivity contribution >= 4 is 12.1 Å². The zero-order valence-corrected chi connectivity index (χ0v) is 6.58. The summed E-state index contributed by atoms with van der Waals surface area (Å²) in [7, 11) is 0. The van der Waals surface area contributed by atoms with Gasteiger partial charge in [-0.1, -0.05) is 12.1 Å². The summed E-state index contributed by atoms with van der Waals surface area (Å²) in [5.41, 5.74) is 4.37. The molecule has 0 aliphatic heterocycles. The summed E-state index contributed by atoms with van der Waals surface area (Å²) < 4.78 is 0. The van der Waals surface area contributed by atoms with Gasteiger partial charge in [-0.05, 0) is 17.7 Å². The fraction of sp³-hybridized carbons (Fsp3) is 0.125. The first kappa shape index (κ1) is 8.55. The Balaban J connectivity index is 2.65. The van der Waals surface area contributed by atoms with E-state index < -0.39 is 0 Å². The van der Waals surface area contributed by atoms with Gasteiger partial charge in [-0.2, -0.15) is 0 Å². The number of carbonyl (C=O) groups is 1. The Bertz CT molecular complexity index is 262. The molecule has 0 saturated carbocycles. The van der Waals surface area contributed by atoms with Crippen LogP contribution in [0.1, 0.15) is 5.56 Å². The standard InChI is InChI=1S/C8H11N3O/c9-11-8-3-1-2-7(4-8)5-10-6-12/h1-4,6,11H,5,9H2,(H,10,12). The van der Waals surface area contributed by atoms with Crippen LogP contribution in [-0.2, 0) is 11.3 Å². The number of hydrogen-bond donors (Lipinski definition) is 3. The van der Waals surface area contributed by atoms with Crippen molar-refractivity contribution in [2.24, 2.45) is 5.84 Å². The summed E-state index contributed by atoms with van der Waals surface area (Å²) in [5, 5.41) is 2.57. The van der Waals surface area contributed by atoms with E-state index in [4.69, 9.17) is 5.84 Å². The van der Waals surface area contributed by atoms with E-state index in [1.54, 1.807) is 0 Å². The second kappa shape index (κ2) is 4.35. The van der Waals surface area contributed by atoms with Gasteiger partial charge in [0.15, 0.2) is 0 Å². The maximum atomic E-state index is 9.98. The Kier molecular flexibility index (Phi) is 3.10. The Labute approximate surface area is 70.7 Å². The molecule has 0 heterocycles. The molecule has 0 atom stereocenters. The Morgan fingerprint density at radius 3 is 3.00 bits per heavy atom. The van der Waals surface area contributed by atoms with Gasteiger partial charge in [-0.25, -0.2) is 0 Å². The molecule has 0 saturated heterocycles. The van der Waals surface area contributed by atoms with Crippen LogP contribution < -0.4 is 16.6 Å². The van der Waals surface area contributed by atoms with Gasteiger partial charge in [0.05, 0.1) is 0 Å². The van der Waals surface area contributed by atoms with Crippen LogP contribution in [0.2, 0.25) is 0 Å². The van der Waals surface area contributed by atoms with E-state index in [9.17, 15) is 4.79 Å². The monoisotopic (exact) mass is 165 g/mol. The molecule has 0 spiro atoms. The predicted octanol–water partition coefficient (Wildman–Crippen LogP) is 0.218. The van der Waals surface area contributed by atoms with Gasteiger partial charge in [-0.3, -0.25) is 10.6 Å². The SMILES string of the molecule is NNc1cccc(CNC=O)c1. The minimum absolute atomic E-state index is 0.527. The van der Waals surface area contributed by atoms with Crippen molar-refractivity contribution in [1.29, 1.82) is 0 Å². The number of hydrogen-bond acceptors (Lipinski definition) is 3. The zero-order chi connectivity index (χ0) is 8.81. The summed E-state index contributed by atoms with van der Waals surface area (Å²) in [6.45, 7) is 0.527. The summed E-state index contributed by atoms with van der Waals surface area (Å²) >= 11 is 0. The number of benzene rings is 1. The van der Waals surface area contributed by atoms with Crippen LogP contribution in [-0.4, -0.2) is 6.41 Å². The number of amides is 1. The van der Waals surface area contributed by atoms with Gasteiger partial charge >= 0.3 is 0 Å². The van der Waals surface area contributed by atoms with E-state index in [0.29, 0.717) is 13.0 Å². The number of carbonyl (C=O) groups excluding carboxylic acids is 1. The molecule has 1 rings (SSSR count). The molecule has 0 aliphatic rings. The molecule has 4 heteroatoms. The molecule has 1 aromatic rings. The summed E-state index contributed by atoms with van der Waals surface area (Å²) in [5.74, 6) is 5.21. The quantitative estimate of drug-likeness (QED) is 0.339. The van der Waals surface area contributed by atoms with Gasteiger partial charge in [0.2, 0.25) is 6.41 Å². The van der Waals surface area contributed by atoms with E-state index in [1.165, 1.54) is 0 Å². The minimum atomic E-state index is 0.527. The Morgan fingerprint density at radius 1 is 1.50 bits per heavy atom. The lowest BCUT2D eigenvalue weighted by Gasteiger charge is -2.02. The molecule has 12 heavy (non-hydrogen) atoms. The number of nitrogen functional groups attached to an aromatic ring is 1. The van der Waals surface area contributed by atoms with E-state index in [-0.39, 0.29) is 0 Å². The lowest BCUT2D eigenvalue weighted by atomic mass is 10.2. The highest BCUT2D eigenvalue weighted by Gasteiger charge is 1.92. The first-order valence-corrected chi connectivity index (χ1v) is 3.59. The smallest absolute Gasteiger partial charge is 0.207 e. The molecule has 0 unspecified atom stereocenters. The van der Waals surface area contributed by atoms with Gasteiger partial charge in [0.1, 0.15) is 0 Å². The largest absolute Gasteiger partial charge is 0.355 e. The van der Waals surface area contributed by atoms with E-state index in [0.717, 1.165) is 11.3 Å². The molecule has 4 N–H and O–H groups in total. The third kappa shape index (κ3) is 2.25. The fourth-order valence-corrected chi connectivity index (χ4v) is 0.931. The van der Waals surface area contributed by atoms with Gasteiger partial charge < -0.3 is 10.7 Å². The first-order chi connectivity index (χ1) is 5.86. The number of nitrogens with one attached hydrogen (secondary N) is 2. The van der Waals surface area contributed by atoms with E-state index in [2.05, 4.69) is 10.7 Å². The van der Waals surface area contributed by atoms with Crippen LogP contribution in [0.25, 0.3) is 0 Å². The van der Waals surface area contributed by atoms with Crippen molar-refractivity contribution in [1.82, 2.24) is 5.32 Å². The summed E-state index contributed by atoms with van der Waals surface area (Å²) in [6.07, 6.45) is 0.669. The maximum Gasteiger partial charge on any atom is 0.207 e. The topological polar surface area (TPSA) is 67.2 Å². The van der Waals surface area contributed by atoms with Crippen molar-refractivity contribution in [3.05, 3.63) is 29.8 Å². The molecule has 4 nitrogen and oxygen atoms in total. The van der Waals surface area contributed by atoms with Gasteiger partial charge in [0.25, 0.3) is 0 Å². The maximum absolute atomic E-state index is 9.98. The van der Waals surface area contributed by atoms with Gasteiger partial charge in [-0.15, -0.1) is 0 Å². The number of anilines is 1. The van der Waals surface area contributed by atoms with Crippen molar-refractivity contribution in [2.45, 2.75) is 6.54 Å². The van der Waals surface area contributed by atoms with Crippen molar-refractivity contribution in [3.8, 4) is 0 Å². The third-order valence-electron chi connectivity index (χ3n) is 1.48. The number of nitrogens with two attached hydrogens (primary N) is 1. The van der Waals surface area contributed by atoms with Gasteiger partial charge in [0, 0.05) is 12.2 Å². The average Bonchev–Trinajstić information content (AvgIpc) is 2.15. The highest BCUT2D eigenvalue weighted by atomic mass is 16.1. The van der Waals surface area contributed by atoms with Crippen molar-refractivity contribution in [3.63, 3.8) is 0 Å². The minimum Gasteiger partial charge on any atom is -0.355 e. The van der Waals surface area contributed by atoms with Crippen LogP contribution >= 0.6 is 0 Å². The van der Waals surface area contributed by atoms with Crippen LogP contribution in [0, 0.1) is 0 Å². The molecule has 1 amide bonds. The molecular weight excluding hydrogens is 154 g/mol. The second-order valence-corrected chi connectivity index (χ2v) is 2.34.